The Balaban J connectivity index is 1.62. The van der Waals surface area contributed by atoms with Gasteiger partial charge in [-0.15, -0.1) is 0 Å². The molecule has 0 spiro atoms. The molecule has 0 saturated carbocycles. The van der Waals surface area contributed by atoms with E-state index in [1.165, 1.54) is 0 Å². The third-order valence-corrected chi connectivity index (χ3v) is 6.06. The van der Waals surface area contributed by atoms with Crippen LogP contribution in [0.2, 0.25) is 0 Å². The molecule has 0 saturated heterocycles. The number of ketones is 1. The van der Waals surface area contributed by atoms with Gasteiger partial charge in [-0.1, -0.05) is 24.3 Å². The molecule has 0 radical (unpaired) electrons. The highest BCUT2D eigenvalue weighted by atomic mass is 16.5. The number of nitrogens with zero attached hydrogens (tertiary/aromatic N) is 1. The Morgan fingerprint density at radius 2 is 1.71 bits per heavy atom. The van der Waals surface area contributed by atoms with Gasteiger partial charge < -0.3 is 14.2 Å². The van der Waals surface area contributed by atoms with Crippen molar-refractivity contribution in [3.63, 3.8) is 0 Å². The number of ether oxygens (including phenoxy) is 3. The molecule has 1 aliphatic carbocycles. The number of hydrogen-bond acceptors (Lipinski definition) is 5. The first-order valence-corrected chi connectivity index (χ1v) is 10.4. The Hall–Kier alpha value is -3.34. The lowest BCUT2D eigenvalue weighted by Gasteiger charge is -2.36. The summed E-state index contributed by atoms with van der Waals surface area (Å²) in [5.74, 6) is 1.92. The summed E-state index contributed by atoms with van der Waals surface area (Å²) in [6.45, 7) is 4.33. The fourth-order valence-corrected chi connectivity index (χ4v) is 4.24. The third kappa shape index (κ3) is 4.00. The average molecular weight is 418 g/mol. The minimum Gasteiger partial charge on any atom is -0.497 e. The van der Waals surface area contributed by atoms with Gasteiger partial charge in [0.15, 0.2) is 5.78 Å². The summed E-state index contributed by atoms with van der Waals surface area (Å²) in [7, 11) is 3.28. The lowest BCUT2D eigenvalue weighted by Crippen LogP contribution is -2.39. The molecule has 1 unspecified atom stereocenters. The standard InChI is InChI=1S/C26H27NO4/c1-26(2)23-15-20(30-4)12-9-18(23)14-22(24(26)28)21-6-5-13-27-25(21)31-16-17-7-10-19(29-3)11-8-17/h5-13,15,22H,14,16H2,1-4H3. The molecule has 0 amide bonds. The molecule has 0 fully saturated rings. The monoisotopic (exact) mass is 417 g/mol. The van der Waals surface area contributed by atoms with E-state index < -0.39 is 5.41 Å². The second-order valence-corrected chi connectivity index (χ2v) is 8.30. The van der Waals surface area contributed by atoms with Crippen LogP contribution in [-0.2, 0) is 23.2 Å². The molecule has 0 bridgehead atoms. The summed E-state index contributed by atoms with van der Waals surface area (Å²) in [5.41, 5.74) is 3.38. The number of hydrogen-bond donors (Lipinski definition) is 0. The summed E-state index contributed by atoms with van der Waals surface area (Å²) in [5, 5.41) is 0. The Kier molecular flexibility index (Phi) is 5.68. The highest BCUT2D eigenvalue weighted by Crippen LogP contribution is 2.43. The first kappa shape index (κ1) is 20.9. The largest absolute Gasteiger partial charge is 0.497 e. The zero-order valence-electron chi connectivity index (χ0n) is 18.3. The van der Waals surface area contributed by atoms with E-state index in [9.17, 15) is 4.79 Å². The maximum Gasteiger partial charge on any atom is 0.217 e. The summed E-state index contributed by atoms with van der Waals surface area (Å²) < 4.78 is 16.7. The van der Waals surface area contributed by atoms with E-state index >= 15 is 0 Å². The molecular weight excluding hydrogens is 390 g/mol. The van der Waals surface area contributed by atoms with Crippen molar-refractivity contribution in [1.82, 2.24) is 4.98 Å². The van der Waals surface area contributed by atoms with Gasteiger partial charge in [-0.3, -0.25) is 4.79 Å². The molecule has 2 aromatic carbocycles. The number of carbonyl (C=O) groups excluding carboxylic acids is 1. The number of methoxy groups -OCH3 is 2. The van der Waals surface area contributed by atoms with Crippen LogP contribution < -0.4 is 14.2 Å². The number of Topliss-reactive ketones (excluding diaryl/α,β-unsaturated/α-hetero) is 1. The van der Waals surface area contributed by atoms with E-state index in [1.54, 1.807) is 20.4 Å². The topological polar surface area (TPSA) is 57.6 Å². The Morgan fingerprint density at radius 1 is 1.00 bits per heavy atom. The minimum absolute atomic E-state index is 0.163. The fraction of sp³-hybridized carbons (Fsp3) is 0.308. The number of rotatable bonds is 6. The van der Waals surface area contributed by atoms with Crippen molar-refractivity contribution in [1.29, 1.82) is 0 Å². The predicted octanol–water partition coefficient (Wildman–Crippen LogP) is 4.86. The van der Waals surface area contributed by atoms with Crippen molar-refractivity contribution in [3.8, 4) is 17.4 Å². The van der Waals surface area contributed by atoms with Crippen molar-refractivity contribution in [2.75, 3.05) is 14.2 Å². The molecule has 1 aliphatic rings. The van der Waals surface area contributed by atoms with E-state index in [-0.39, 0.29) is 11.7 Å². The molecule has 4 rings (SSSR count). The highest BCUT2D eigenvalue weighted by Gasteiger charge is 2.43. The van der Waals surface area contributed by atoms with E-state index in [0.29, 0.717) is 18.9 Å². The van der Waals surface area contributed by atoms with Crippen LogP contribution in [0.3, 0.4) is 0 Å². The van der Waals surface area contributed by atoms with Crippen molar-refractivity contribution in [2.24, 2.45) is 0 Å². The van der Waals surface area contributed by atoms with Crippen LogP contribution in [0.15, 0.2) is 60.8 Å². The average Bonchev–Trinajstić information content (AvgIpc) is 2.80. The van der Waals surface area contributed by atoms with E-state index in [4.69, 9.17) is 14.2 Å². The van der Waals surface area contributed by atoms with Gasteiger partial charge in [0, 0.05) is 17.2 Å². The van der Waals surface area contributed by atoms with E-state index in [0.717, 1.165) is 33.8 Å². The number of fused-ring (bicyclic) bond motifs is 1. The molecule has 5 nitrogen and oxygen atoms in total. The van der Waals surface area contributed by atoms with Gasteiger partial charge in [-0.25, -0.2) is 4.98 Å². The molecule has 1 atom stereocenters. The minimum atomic E-state index is -0.629. The lowest BCUT2D eigenvalue weighted by atomic mass is 9.66. The summed E-state index contributed by atoms with van der Waals surface area (Å²) in [6.07, 6.45) is 2.32. The number of aromatic nitrogens is 1. The van der Waals surface area contributed by atoms with Crippen molar-refractivity contribution >= 4 is 5.78 Å². The number of carbonyl (C=O) groups is 1. The smallest absolute Gasteiger partial charge is 0.217 e. The second kappa shape index (κ2) is 8.42. The van der Waals surface area contributed by atoms with Crippen LogP contribution >= 0.6 is 0 Å². The molecule has 0 N–H and O–H groups in total. The van der Waals surface area contributed by atoms with Crippen LogP contribution in [0.1, 0.15) is 42.0 Å². The second-order valence-electron chi connectivity index (χ2n) is 8.30. The van der Waals surface area contributed by atoms with Crippen LogP contribution in [0, 0.1) is 0 Å². The van der Waals surface area contributed by atoms with E-state index in [1.807, 2.05) is 62.4 Å². The molecule has 5 heteroatoms. The Bertz CT molecular complexity index is 1090. The SMILES string of the molecule is COc1ccc(COc2ncccc2C2Cc3ccc(OC)cc3C(C)(C)C2=O)cc1. The van der Waals surface area contributed by atoms with Crippen LogP contribution in [0.25, 0.3) is 0 Å². The van der Waals surface area contributed by atoms with Gasteiger partial charge in [0.25, 0.3) is 0 Å². The number of pyridine rings is 1. The molecule has 31 heavy (non-hydrogen) atoms. The first-order chi connectivity index (χ1) is 14.9. The van der Waals surface area contributed by atoms with Gasteiger partial charge in [0.1, 0.15) is 18.1 Å². The quantitative estimate of drug-likeness (QED) is 0.573. The van der Waals surface area contributed by atoms with Gasteiger partial charge in [0.05, 0.1) is 20.1 Å². The molecule has 1 aromatic heterocycles. The predicted molar refractivity (Wildman–Crippen MR) is 119 cm³/mol. The molecule has 3 aromatic rings. The van der Waals surface area contributed by atoms with Gasteiger partial charge in [0.2, 0.25) is 5.88 Å². The first-order valence-electron chi connectivity index (χ1n) is 10.4. The molecule has 1 heterocycles. The Morgan fingerprint density at radius 3 is 2.42 bits per heavy atom. The number of benzene rings is 2. The van der Waals surface area contributed by atoms with Gasteiger partial charge >= 0.3 is 0 Å². The lowest BCUT2D eigenvalue weighted by molar-refractivity contribution is -0.125. The molecule has 160 valence electrons. The highest BCUT2D eigenvalue weighted by molar-refractivity contribution is 5.97. The molecular formula is C26H27NO4. The van der Waals surface area contributed by atoms with Crippen LogP contribution in [-0.4, -0.2) is 25.0 Å². The van der Waals surface area contributed by atoms with Crippen molar-refractivity contribution in [2.45, 2.75) is 38.2 Å². The van der Waals surface area contributed by atoms with Crippen LogP contribution in [0.5, 0.6) is 17.4 Å². The zero-order chi connectivity index (χ0) is 22.0. The fourth-order valence-electron chi connectivity index (χ4n) is 4.24. The summed E-state index contributed by atoms with van der Waals surface area (Å²) in [6, 6.07) is 17.5. The zero-order valence-corrected chi connectivity index (χ0v) is 18.3. The normalized spacial score (nSPS) is 17.0. The van der Waals surface area contributed by atoms with Crippen molar-refractivity contribution < 1.29 is 19.0 Å². The molecule has 0 aliphatic heterocycles. The third-order valence-electron chi connectivity index (χ3n) is 6.06. The van der Waals surface area contributed by atoms with Crippen LogP contribution in [0.4, 0.5) is 0 Å². The maximum atomic E-state index is 13.6. The van der Waals surface area contributed by atoms with E-state index in [2.05, 4.69) is 11.1 Å². The van der Waals surface area contributed by atoms with Crippen molar-refractivity contribution in [3.05, 3.63) is 83.0 Å². The Labute approximate surface area is 183 Å². The summed E-state index contributed by atoms with van der Waals surface area (Å²) in [4.78, 5) is 18.0. The summed E-state index contributed by atoms with van der Waals surface area (Å²) >= 11 is 0. The van der Waals surface area contributed by atoms with Gasteiger partial charge in [-0.05, 0) is 67.3 Å². The maximum absolute atomic E-state index is 13.6. The van der Waals surface area contributed by atoms with Gasteiger partial charge in [-0.2, -0.15) is 0 Å².